The summed E-state index contributed by atoms with van der Waals surface area (Å²) in [4.78, 5) is 24.8. The molecule has 2 heterocycles. The number of anilines is 1. The Morgan fingerprint density at radius 3 is 2.66 bits per heavy atom. The number of sulfonamides is 1. The molecule has 0 N–H and O–H groups in total. The summed E-state index contributed by atoms with van der Waals surface area (Å²) in [6, 6.07) is 14.4. The number of fused-ring (bicyclic) bond motifs is 1. The van der Waals surface area contributed by atoms with Gasteiger partial charge in [0.25, 0.3) is 0 Å². The van der Waals surface area contributed by atoms with Crippen molar-refractivity contribution >= 4 is 27.5 Å². The first-order valence-electron chi connectivity index (χ1n) is 10.1. The Labute approximate surface area is 185 Å². The van der Waals surface area contributed by atoms with E-state index in [4.69, 9.17) is 4.74 Å². The fourth-order valence-electron chi connectivity index (χ4n) is 3.52. The fraction of sp³-hybridized carbons (Fsp3) is 0.273. The van der Waals surface area contributed by atoms with E-state index in [1.165, 1.54) is 15.2 Å². The molecule has 0 aliphatic carbocycles. The number of rotatable bonds is 8. The highest BCUT2D eigenvalue weighted by Gasteiger charge is 2.28. The van der Waals surface area contributed by atoms with Gasteiger partial charge < -0.3 is 4.74 Å². The molecule has 4 rings (SSSR count). The van der Waals surface area contributed by atoms with Crippen LogP contribution in [0.5, 0.6) is 0 Å². The van der Waals surface area contributed by atoms with Crippen molar-refractivity contribution < 1.29 is 22.7 Å². The topological polar surface area (TPSA) is 111 Å². The van der Waals surface area contributed by atoms with E-state index in [2.05, 4.69) is 10.3 Å². The smallest absolute Gasteiger partial charge is 0.360 e. The average molecular weight is 455 g/mol. The summed E-state index contributed by atoms with van der Waals surface area (Å²) in [5.74, 6) is -1.10. The number of nitrogens with zero attached hydrogens (tertiary/aromatic N) is 4. The molecule has 0 atom stereocenters. The largest absolute Gasteiger partial charge is 0.452 e. The number of esters is 1. The van der Waals surface area contributed by atoms with Gasteiger partial charge in [0.1, 0.15) is 0 Å². The summed E-state index contributed by atoms with van der Waals surface area (Å²) < 4.78 is 32.4. The molecule has 1 aliphatic heterocycles. The van der Waals surface area contributed by atoms with Crippen LogP contribution in [0, 0.1) is 0 Å². The van der Waals surface area contributed by atoms with Crippen LogP contribution in [0.4, 0.5) is 5.69 Å². The Morgan fingerprint density at radius 1 is 1.12 bits per heavy atom. The number of benzene rings is 2. The van der Waals surface area contributed by atoms with Crippen LogP contribution >= 0.6 is 0 Å². The third-order valence-corrected chi connectivity index (χ3v) is 7.00. The highest BCUT2D eigenvalue weighted by atomic mass is 32.2. The summed E-state index contributed by atoms with van der Waals surface area (Å²) in [6.07, 6.45) is 2.00. The summed E-state index contributed by atoms with van der Waals surface area (Å²) in [6.45, 7) is 1.97. The minimum atomic E-state index is -3.35. The molecule has 3 aromatic rings. The number of hydrogen-bond donors (Lipinski definition) is 0. The van der Waals surface area contributed by atoms with Crippen molar-refractivity contribution in [1.82, 2.24) is 15.0 Å². The van der Waals surface area contributed by atoms with Gasteiger partial charge in [-0.3, -0.25) is 9.10 Å². The Bertz CT molecular complexity index is 1250. The van der Waals surface area contributed by atoms with E-state index in [1.807, 2.05) is 30.3 Å². The molecule has 0 saturated heterocycles. The van der Waals surface area contributed by atoms with E-state index >= 15 is 0 Å². The van der Waals surface area contributed by atoms with Gasteiger partial charge >= 0.3 is 5.97 Å². The number of carbonyl (C=O) groups excluding carboxylic acids is 2. The van der Waals surface area contributed by atoms with Crippen LogP contribution in [0.25, 0.3) is 0 Å². The second-order valence-corrected chi connectivity index (χ2v) is 9.53. The van der Waals surface area contributed by atoms with Crippen LogP contribution in [0.3, 0.4) is 0 Å². The summed E-state index contributed by atoms with van der Waals surface area (Å²) >= 11 is 0. The molecule has 32 heavy (non-hydrogen) atoms. The molecule has 0 bridgehead atoms. The first-order valence-corrected chi connectivity index (χ1v) is 11.8. The first kappa shape index (κ1) is 21.7. The highest BCUT2D eigenvalue weighted by molar-refractivity contribution is 7.92. The maximum Gasteiger partial charge on any atom is 0.360 e. The molecule has 2 aromatic carbocycles. The predicted molar refractivity (Wildman–Crippen MR) is 117 cm³/mol. The van der Waals surface area contributed by atoms with Crippen molar-refractivity contribution in [3.8, 4) is 0 Å². The molecule has 0 unspecified atom stereocenters. The SMILES string of the molecule is CCS(=O)(=O)N1CCc2cc(C(=O)COC(=O)c3cn(Cc4ccccc4)nn3)ccc21. The van der Waals surface area contributed by atoms with Crippen molar-refractivity contribution in [2.45, 2.75) is 19.9 Å². The average Bonchev–Trinajstić information content (AvgIpc) is 3.45. The summed E-state index contributed by atoms with van der Waals surface area (Å²) in [5.41, 5.74) is 2.76. The maximum absolute atomic E-state index is 12.5. The van der Waals surface area contributed by atoms with Gasteiger partial charge in [0, 0.05) is 12.1 Å². The monoisotopic (exact) mass is 454 g/mol. The van der Waals surface area contributed by atoms with E-state index < -0.39 is 22.6 Å². The normalized spacial score (nSPS) is 13.1. The molecule has 0 fully saturated rings. The molecular weight excluding hydrogens is 432 g/mol. The second kappa shape index (κ2) is 8.91. The first-order chi connectivity index (χ1) is 15.4. The van der Waals surface area contributed by atoms with Gasteiger partial charge in [0.05, 0.1) is 24.2 Å². The predicted octanol–water partition coefficient (Wildman–Crippen LogP) is 2.08. The zero-order valence-corrected chi connectivity index (χ0v) is 18.3. The third kappa shape index (κ3) is 4.54. The maximum atomic E-state index is 12.5. The van der Waals surface area contributed by atoms with E-state index in [1.54, 1.807) is 25.1 Å². The van der Waals surface area contributed by atoms with Gasteiger partial charge in [-0.05, 0) is 42.7 Å². The lowest BCUT2D eigenvalue weighted by atomic mass is 10.1. The van der Waals surface area contributed by atoms with Crippen LogP contribution in [-0.2, 0) is 27.7 Å². The second-order valence-electron chi connectivity index (χ2n) is 7.35. The van der Waals surface area contributed by atoms with Crippen LogP contribution in [0.15, 0.2) is 54.7 Å². The Balaban J connectivity index is 1.37. The van der Waals surface area contributed by atoms with Crippen molar-refractivity contribution in [1.29, 1.82) is 0 Å². The van der Waals surface area contributed by atoms with Gasteiger partial charge in [0.2, 0.25) is 10.0 Å². The van der Waals surface area contributed by atoms with Crippen molar-refractivity contribution in [2.75, 3.05) is 23.2 Å². The van der Waals surface area contributed by atoms with Crippen LogP contribution in [0.1, 0.15) is 38.9 Å². The summed E-state index contributed by atoms with van der Waals surface area (Å²) in [5, 5.41) is 7.73. The van der Waals surface area contributed by atoms with Crippen molar-refractivity contribution in [3.05, 3.63) is 77.1 Å². The fourth-order valence-corrected chi connectivity index (χ4v) is 4.68. The van der Waals surface area contributed by atoms with E-state index in [9.17, 15) is 18.0 Å². The Morgan fingerprint density at radius 2 is 1.91 bits per heavy atom. The molecule has 10 heteroatoms. The van der Waals surface area contributed by atoms with Gasteiger partial charge in [-0.2, -0.15) is 0 Å². The van der Waals surface area contributed by atoms with Crippen molar-refractivity contribution in [3.63, 3.8) is 0 Å². The van der Waals surface area contributed by atoms with E-state index in [0.29, 0.717) is 30.8 Å². The number of hydrogen-bond acceptors (Lipinski definition) is 7. The molecule has 0 saturated carbocycles. The Hall–Kier alpha value is -3.53. The minimum absolute atomic E-state index is 0.0129. The van der Waals surface area contributed by atoms with E-state index in [0.717, 1.165) is 11.1 Å². The van der Waals surface area contributed by atoms with Crippen LogP contribution in [-0.4, -0.2) is 54.1 Å². The molecular formula is C22H22N4O5S. The number of aromatic nitrogens is 3. The lowest BCUT2D eigenvalue weighted by Crippen LogP contribution is -2.30. The van der Waals surface area contributed by atoms with Crippen LogP contribution in [0.2, 0.25) is 0 Å². The number of ether oxygens (including phenoxy) is 1. The van der Waals surface area contributed by atoms with Gasteiger partial charge in [-0.25, -0.2) is 17.9 Å². The van der Waals surface area contributed by atoms with Crippen molar-refractivity contribution in [2.24, 2.45) is 0 Å². The third-order valence-electron chi connectivity index (χ3n) is 5.22. The van der Waals surface area contributed by atoms with Gasteiger partial charge in [-0.15, -0.1) is 5.10 Å². The number of carbonyl (C=O) groups is 2. The van der Waals surface area contributed by atoms with Gasteiger partial charge in [0.15, 0.2) is 18.1 Å². The lowest BCUT2D eigenvalue weighted by Gasteiger charge is -2.18. The molecule has 1 aromatic heterocycles. The van der Waals surface area contributed by atoms with Crippen LogP contribution < -0.4 is 4.31 Å². The lowest BCUT2D eigenvalue weighted by molar-refractivity contribution is 0.0469. The minimum Gasteiger partial charge on any atom is -0.452 e. The number of ketones is 1. The zero-order valence-electron chi connectivity index (χ0n) is 17.5. The molecule has 0 radical (unpaired) electrons. The zero-order chi connectivity index (χ0) is 22.7. The molecule has 9 nitrogen and oxygen atoms in total. The molecule has 0 amide bonds. The molecule has 1 aliphatic rings. The number of Topliss-reactive ketones (excluding diaryl/α,β-unsaturated/α-hetero) is 1. The molecule has 166 valence electrons. The molecule has 0 spiro atoms. The Kier molecular flexibility index (Phi) is 6.04. The standard InChI is InChI=1S/C22H22N4O5S/c1-2-32(29,30)26-11-10-17-12-18(8-9-20(17)26)21(27)15-31-22(28)19-14-25(24-23-19)13-16-6-4-3-5-7-16/h3-9,12,14H,2,10-11,13,15H2,1H3. The quantitative estimate of drug-likeness (QED) is 0.378. The highest BCUT2D eigenvalue weighted by Crippen LogP contribution is 2.31. The summed E-state index contributed by atoms with van der Waals surface area (Å²) in [7, 11) is -3.35. The van der Waals surface area contributed by atoms with Gasteiger partial charge in [-0.1, -0.05) is 35.5 Å². The van der Waals surface area contributed by atoms with E-state index in [-0.39, 0.29) is 17.2 Å².